The van der Waals surface area contributed by atoms with Crippen LogP contribution in [0.4, 0.5) is 0 Å². The van der Waals surface area contributed by atoms with E-state index >= 15 is 0 Å². The highest BCUT2D eigenvalue weighted by Crippen LogP contribution is 2.36. The quantitative estimate of drug-likeness (QED) is 0.895. The van der Waals surface area contributed by atoms with Crippen LogP contribution in [0, 0.1) is 12.8 Å². The molecule has 1 aliphatic heterocycles. The molecule has 0 bridgehead atoms. The summed E-state index contributed by atoms with van der Waals surface area (Å²) in [5.41, 5.74) is 2.65. The zero-order valence-corrected chi connectivity index (χ0v) is 13.3. The van der Waals surface area contributed by atoms with Crippen LogP contribution in [0.25, 0.3) is 0 Å². The van der Waals surface area contributed by atoms with E-state index in [1.54, 1.807) is 7.11 Å². The standard InChI is InChI=1S/C17H28N2O/c1-5-18-12-15-7-6-10-19(3)17(15)14-8-9-16(20-4)13(2)11-14/h8-9,11,15,17-18H,5-7,10,12H2,1-4H3. The highest BCUT2D eigenvalue weighted by atomic mass is 16.5. The van der Waals surface area contributed by atoms with E-state index in [1.807, 2.05) is 0 Å². The molecule has 0 radical (unpaired) electrons. The molecule has 1 saturated heterocycles. The molecule has 112 valence electrons. The third-order valence-electron chi connectivity index (χ3n) is 4.42. The normalized spacial score (nSPS) is 23.8. The van der Waals surface area contributed by atoms with Gasteiger partial charge in [-0.1, -0.05) is 19.1 Å². The molecule has 0 aromatic heterocycles. The second-order valence-corrected chi connectivity index (χ2v) is 5.86. The number of benzene rings is 1. The largest absolute Gasteiger partial charge is 0.496 e. The zero-order chi connectivity index (χ0) is 14.5. The second-order valence-electron chi connectivity index (χ2n) is 5.86. The van der Waals surface area contributed by atoms with E-state index in [2.05, 4.69) is 49.3 Å². The van der Waals surface area contributed by atoms with Crippen LogP contribution in [-0.2, 0) is 0 Å². The first-order valence-electron chi connectivity index (χ1n) is 7.72. The summed E-state index contributed by atoms with van der Waals surface area (Å²) in [7, 11) is 3.99. The van der Waals surface area contributed by atoms with Crippen LogP contribution in [0.15, 0.2) is 18.2 Å². The van der Waals surface area contributed by atoms with Gasteiger partial charge in [0.25, 0.3) is 0 Å². The van der Waals surface area contributed by atoms with Crippen LogP contribution in [-0.4, -0.2) is 38.7 Å². The fourth-order valence-electron chi connectivity index (χ4n) is 3.42. The first kappa shape index (κ1) is 15.3. The van der Waals surface area contributed by atoms with Gasteiger partial charge in [-0.2, -0.15) is 0 Å². The highest BCUT2D eigenvalue weighted by Gasteiger charge is 2.30. The van der Waals surface area contributed by atoms with Crippen molar-refractivity contribution in [1.82, 2.24) is 10.2 Å². The Hall–Kier alpha value is -1.06. The maximum Gasteiger partial charge on any atom is 0.121 e. The van der Waals surface area contributed by atoms with Crippen LogP contribution in [0.3, 0.4) is 0 Å². The van der Waals surface area contributed by atoms with Gasteiger partial charge < -0.3 is 10.1 Å². The molecular weight excluding hydrogens is 248 g/mol. The predicted octanol–water partition coefficient (Wildman–Crippen LogP) is 3.00. The number of aryl methyl sites for hydroxylation is 1. The Morgan fingerprint density at radius 3 is 2.85 bits per heavy atom. The molecular formula is C17H28N2O. The molecule has 1 aromatic carbocycles. The SMILES string of the molecule is CCNCC1CCCN(C)C1c1ccc(OC)c(C)c1. The minimum absolute atomic E-state index is 0.521. The molecule has 2 atom stereocenters. The summed E-state index contributed by atoms with van der Waals surface area (Å²) in [6, 6.07) is 7.16. The van der Waals surface area contributed by atoms with Crippen molar-refractivity contribution in [3.8, 4) is 5.75 Å². The third-order valence-corrected chi connectivity index (χ3v) is 4.42. The van der Waals surface area contributed by atoms with E-state index in [9.17, 15) is 0 Å². The van der Waals surface area contributed by atoms with E-state index in [0.29, 0.717) is 12.0 Å². The maximum absolute atomic E-state index is 5.38. The van der Waals surface area contributed by atoms with Gasteiger partial charge >= 0.3 is 0 Å². The number of rotatable bonds is 5. The van der Waals surface area contributed by atoms with Crippen LogP contribution in [0.5, 0.6) is 5.75 Å². The van der Waals surface area contributed by atoms with Crippen LogP contribution >= 0.6 is 0 Å². The molecule has 2 rings (SSSR count). The van der Waals surface area contributed by atoms with Crippen LogP contribution in [0.1, 0.15) is 36.9 Å². The third kappa shape index (κ3) is 3.33. The van der Waals surface area contributed by atoms with Crippen molar-refractivity contribution >= 4 is 0 Å². The minimum atomic E-state index is 0.521. The minimum Gasteiger partial charge on any atom is -0.496 e. The van der Waals surface area contributed by atoms with Crippen molar-refractivity contribution in [3.63, 3.8) is 0 Å². The van der Waals surface area contributed by atoms with Gasteiger partial charge in [-0.3, -0.25) is 4.90 Å². The molecule has 2 unspecified atom stereocenters. The smallest absolute Gasteiger partial charge is 0.121 e. The number of hydrogen-bond donors (Lipinski definition) is 1. The first-order valence-corrected chi connectivity index (χ1v) is 7.72. The highest BCUT2D eigenvalue weighted by molar-refractivity contribution is 5.37. The van der Waals surface area contributed by atoms with E-state index in [-0.39, 0.29) is 0 Å². The summed E-state index contributed by atoms with van der Waals surface area (Å²) in [5.74, 6) is 1.68. The molecule has 1 heterocycles. The molecule has 0 saturated carbocycles. The average Bonchev–Trinajstić information content (AvgIpc) is 2.45. The molecule has 0 spiro atoms. The average molecular weight is 276 g/mol. The number of likely N-dealkylation sites (tertiary alicyclic amines) is 1. The van der Waals surface area contributed by atoms with Gasteiger partial charge in [0, 0.05) is 6.04 Å². The van der Waals surface area contributed by atoms with Gasteiger partial charge in [0.1, 0.15) is 5.75 Å². The van der Waals surface area contributed by atoms with Crippen molar-refractivity contribution in [2.75, 3.05) is 33.8 Å². The fourth-order valence-corrected chi connectivity index (χ4v) is 3.42. The summed E-state index contributed by atoms with van der Waals surface area (Å²) in [6.07, 6.45) is 2.62. The van der Waals surface area contributed by atoms with Gasteiger partial charge in [-0.25, -0.2) is 0 Å². The molecule has 20 heavy (non-hydrogen) atoms. The number of nitrogens with zero attached hydrogens (tertiary/aromatic N) is 1. The van der Waals surface area contributed by atoms with Crippen molar-refractivity contribution in [3.05, 3.63) is 29.3 Å². The molecule has 1 N–H and O–H groups in total. The Balaban J connectivity index is 2.22. The van der Waals surface area contributed by atoms with Crippen LogP contribution in [0.2, 0.25) is 0 Å². The Bertz CT molecular complexity index is 433. The molecule has 3 heteroatoms. The summed E-state index contributed by atoms with van der Waals surface area (Å²) >= 11 is 0. The molecule has 1 fully saturated rings. The Morgan fingerprint density at radius 2 is 2.20 bits per heavy atom. The number of methoxy groups -OCH3 is 1. The number of piperidine rings is 1. The summed E-state index contributed by atoms with van der Waals surface area (Å²) in [6.45, 7) is 7.66. The van der Waals surface area contributed by atoms with Gasteiger partial charge in [-0.05, 0) is 69.6 Å². The Kier molecular flexibility index (Phi) is 5.44. The summed E-state index contributed by atoms with van der Waals surface area (Å²) in [4.78, 5) is 2.51. The first-order chi connectivity index (χ1) is 9.67. The maximum atomic E-state index is 5.38. The van der Waals surface area contributed by atoms with E-state index in [4.69, 9.17) is 4.74 Å². The lowest BCUT2D eigenvalue weighted by Gasteiger charge is -2.40. The monoisotopic (exact) mass is 276 g/mol. The van der Waals surface area contributed by atoms with Gasteiger partial charge in [0.15, 0.2) is 0 Å². The van der Waals surface area contributed by atoms with Crippen molar-refractivity contribution in [2.45, 2.75) is 32.7 Å². The number of hydrogen-bond acceptors (Lipinski definition) is 3. The van der Waals surface area contributed by atoms with Crippen molar-refractivity contribution in [1.29, 1.82) is 0 Å². The fraction of sp³-hybridized carbons (Fsp3) is 0.647. The lowest BCUT2D eigenvalue weighted by Crippen LogP contribution is -2.40. The Morgan fingerprint density at radius 1 is 1.40 bits per heavy atom. The Labute approximate surface area is 123 Å². The molecule has 3 nitrogen and oxygen atoms in total. The number of ether oxygens (including phenoxy) is 1. The van der Waals surface area contributed by atoms with Gasteiger partial charge in [0.05, 0.1) is 7.11 Å². The van der Waals surface area contributed by atoms with E-state index in [1.165, 1.54) is 30.5 Å². The zero-order valence-electron chi connectivity index (χ0n) is 13.3. The summed E-state index contributed by atoms with van der Waals surface area (Å²) < 4.78 is 5.38. The van der Waals surface area contributed by atoms with Crippen molar-refractivity contribution < 1.29 is 4.74 Å². The molecule has 1 aliphatic rings. The lowest BCUT2D eigenvalue weighted by atomic mass is 9.84. The number of nitrogens with one attached hydrogen (secondary N) is 1. The summed E-state index contributed by atoms with van der Waals surface area (Å²) in [5, 5.41) is 3.52. The molecule has 0 amide bonds. The van der Waals surface area contributed by atoms with Crippen molar-refractivity contribution in [2.24, 2.45) is 5.92 Å². The van der Waals surface area contributed by atoms with E-state index in [0.717, 1.165) is 18.8 Å². The van der Waals surface area contributed by atoms with Gasteiger partial charge in [0.2, 0.25) is 0 Å². The second kappa shape index (κ2) is 7.09. The molecule has 1 aromatic rings. The topological polar surface area (TPSA) is 24.5 Å². The van der Waals surface area contributed by atoms with Crippen LogP contribution < -0.4 is 10.1 Å². The molecule has 0 aliphatic carbocycles. The predicted molar refractivity (Wildman–Crippen MR) is 84.4 cm³/mol. The lowest BCUT2D eigenvalue weighted by molar-refractivity contribution is 0.120. The van der Waals surface area contributed by atoms with Gasteiger partial charge in [-0.15, -0.1) is 0 Å². The van der Waals surface area contributed by atoms with E-state index < -0.39 is 0 Å².